The van der Waals surface area contributed by atoms with Crippen molar-refractivity contribution in [1.82, 2.24) is 25.4 Å². The number of anilines is 2. The molecule has 2 saturated heterocycles. The number of carbonyl (C=O) groups is 1. The number of aromatic nitrogens is 2. The molecule has 2 aromatic rings. The maximum Gasteiger partial charge on any atom is 0.252 e. The molecular weight excluding hydrogens is 508 g/mol. The van der Waals surface area contributed by atoms with Gasteiger partial charge in [0.25, 0.3) is 5.91 Å². The lowest BCUT2D eigenvalue weighted by Gasteiger charge is -2.32. The number of amides is 1. The van der Waals surface area contributed by atoms with E-state index in [-0.39, 0.29) is 24.7 Å². The van der Waals surface area contributed by atoms with E-state index in [1.807, 2.05) is 0 Å². The Labute approximate surface area is 225 Å². The number of piperidine rings is 1. The number of ether oxygens (including phenoxy) is 1. The molecule has 2 fully saturated rings. The number of likely N-dealkylation sites (tertiary alicyclic amines) is 2. The Balaban J connectivity index is 1.04. The van der Waals surface area contributed by atoms with Crippen LogP contribution in [0.1, 0.15) is 24.8 Å². The molecule has 1 amide bonds. The zero-order valence-corrected chi connectivity index (χ0v) is 22.7. The smallest absolute Gasteiger partial charge is 0.252 e. The lowest BCUT2D eigenvalue weighted by molar-refractivity contribution is -0.123. The lowest BCUT2D eigenvalue weighted by atomic mass is 10.1. The summed E-state index contributed by atoms with van der Waals surface area (Å²) in [6.45, 7) is 5.37. The summed E-state index contributed by atoms with van der Waals surface area (Å²) < 4.78 is 5.98. The van der Waals surface area contributed by atoms with E-state index >= 15 is 0 Å². The average molecular weight is 543 g/mol. The molecule has 0 saturated carbocycles. The Bertz CT molecular complexity index is 1120. The fourth-order valence-corrected chi connectivity index (χ4v) is 6.21. The van der Waals surface area contributed by atoms with Gasteiger partial charge in [0.2, 0.25) is 10.3 Å². The van der Waals surface area contributed by atoms with Gasteiger partial charge in [-0.25, -0.2) is 0 Å². The third kappa shape index (κ3) is 7.22. The summed E-state index contributed by atoms with van der Waals surface area (Å²) in [7, 11) is 0. The predicted molar refractivity (Wildman–Crippen MR) is 149 cm³/mol. The highest BCUT2D eigenvalue weighted by Gasteiger charge is 2.26. The number of nitrogens with one attached hydrogen (secondary N) is 3. The molecule has 37 heavy (non-hydrogen) atoms. The van der Waals surface area contributed by atoms with Crippen molar-refractivity contribution in [3.63, 3.8) is 0 Å². The summed E-state index contributed by atoms with van der Waals surface area (Å²) in [6, 6.07) is 8.80. The molecule has 198 valence electrons. The highest BCUT2D eigenvalue weighted by molar-refractivity contribution is 7.98. The van der Waals surface area contributed by atoms with Gasteiger partial charge in [0.1, 0.15) is 12.4 Å². The summed E-state index contributed by atoms with van der Waals surface area (Å²) in [6.07, 6.45) is 9.32. The molecule has 2 atom stereocenters. The van der Waals surface area contributed by atoms with Crippen molar-refractivity contribution in [1.29, 1.82) is 0 Å². The van der Waals surface area contributed by atoms with E-state index in [4.69, 9.17) is 4.74 Å². The Kier molecular flexibility index (Phi) is 8.93. The third-order valence-electron chi connectivity index (χ3n) is 6.68. The fourth-order valence-electron chi connectivity index (χ4n) is 4.87. The van der Waals surface area contributed by atoms with Gasteiger partial charge >= 0.3 is 0 Å². The summed E-state index contributed by atoms with van der Waals surface area (Å²) in [5, 5.41) is 20.1. The van der Waals surface area contributed by atoms with Crippen LogP contribution >= 0.6 is 23.1 Å². The highest BCUT2D eigenvalue weighted by Crippen LogP contribution is 2.25. The number of amidine groups is 1. The molecule has 0 aliphatic carbocycles. The van der Waals surface area contributed by atoms with Crippen LogP contribution in [0.2, 0.25) is 0 Å². The molecular formula is C25H34N8O2S2. The predicted octanol–water partition coefficient (Wildman–Crippen LogP) is 2.84. The van der Waals surface area contributed by atoms with Crippen LogP contribution in [0.3, 0.4) is 0 Å². The third-order valence-corrected chi connectivity index (χ3v) is 8.29. The Hall–Kier alpha value is -2.67. The van der Waals surface area contributed by atoms with E-state index in [0.29, 0.717) is 10.3 Å². The van der Waals surface area contributed by atoms with Gasteiger partial charge in [0, 0.05) is 37.1 Å². The van der Waals surface area contributed by atoms with Gasteiger partial charge < -0.3 is 20.4 Å². The van der Waals surface area contributed by atoms with Crippen LogP contribution < -0.4 is 16.1 Å². The molecule has 5 rings (SSSR count). The van der Waals surface area contributed by atoms with Gasteiger partial charge in [0.05, 0.1) is 12.6 Å². The van der Waals surface area contributed by atoms with Crippen LogP contribution in [-0.2, 0) is 16.1 Å². The molecule has 4 heterocycles. The average Bonchev–Trinajstić information content (AvgIpc) is 3.58. The molecule has 0 spiro atoms. The highest BCUT2D eigenvalue weighted by atomic mass is 32.2. The van der Waals surface area contributed by atoms with E-state index in [1.165, 1.54) is 21.8 Å². The standard InChI is InChI=1S/C25H34N8O2S2/c1-36-21-8-3-2-6-18(21)14-32-12-5-7-20(16-32)35-17-23(34)28-25-31-30-24(37-25)27-19-10-13-33(15-19)22-9-4-11-26-29-22/h2-4,6,8-9,19-20,26H,5,7,10-17H2,1H3,(H,27,30)(H,28,31,34)/t19-,20+/m1/s1. The fraction of sp³-hybridized carbons (Fsp3) is 0.520. The Morgan fingerprint density at radius 2 is 2.11 bits per heavy atom. The molecule has 10 nitrogen and oxygen atoms in total. The molecule has 3 aliphatic heterocycles. The number of nitrogens with zero attached hydrogens (tertiary/aromatic N) is 5. The summed E-state index contributed by atoms with van der Waals surface area (Å²) >= 11 is 3.12. The molecule has 12 heteroatoms. The monoisotopic (exact) mass is 542 g/mol. The molecule has 0 radical (unpaired) electrons. The molecule has 0 unspecified atom stereocenters. The zero-order chi connectivity index (χ0) is 25.5. The summed E-state index contributed by atoms with van der Waals surface area (Å²) in [5.74, 6) is 0.765. The Morgan fingerprint density at radius 3 is 2.97 bits per heavy atom. The van der Waals surface area contributed by atoms with Gasteiger partial charge in [-0.3, -0.25) is 15.0 Å². The second-order valence-corrected chi connectivity index (χ2v) is 11.2. The van der Waals surface area contributed by atoms with E-state index in [9.17, 15) is 4.79 Å². The first kappa shape index (κ1) is 26.0. The van der Waals surface area contributed by atoms with Crippen molar-refractivity contribution < 1.29 is 9.53 Å². The number of hydrogen-bond donors (Lipinski definition) is 3. The lowest BCUT2D eigenvalue weighted by Crippen LogP contribution is -2.40. The number of thioether (sulfide) groups is 1. The number of hydrogen-bond acceptors (Lipinski definition) is 11. The second-order valence-electron chi connectivity index (χ2n) is 9.39. The molecule has 3 N–H and O–H groups in total. The van der Waals surface area contributed by atoms with Crippen molar-refractivity contribution in [2.24, 2.45) is 5.10 Å². The minimum absolute atomic E-state index is 0.0174. The van der Waals surface area contributed by atoms with Crippen LogP contribution in [0.15, 0.2) is 46.4 Å². The summed E-state index contributed by atoms with van der Waals surface area (Å²) in [4.78, 5) is 18.5. The van der Waals surface area contributed by atoms with Crippen molar-refractivity contribution in [3.8, 4) is 0 Å². The summed E-state index contributed by atoms with van der Waals surface area (Å²) in [5.41, 5.74) is 4.35. The quantitative estimate of drug-likeness (QED) is 0.412. The molecule has 1 aromatic carbocycles. The van der Waals surface area contributed by atoms with Crippen LogP contribution in [0.5, 0.6) is 0 Å². The van der Waals surface area contributed by atoms with Crippen molar-refractivity contribution in [3.05, 3.63) is 42.0 Å². The van der Waals surface area contributed by atoms with Crippen molar-refractivity contribution in [2.75, 3.05) is 56.2 Å². The van der Waals surface area contributed by atoms with E-state index in [2.05, 4.69) is 83.8 Å². The number of carbonyl (C=O) groups excluding carboxylic acids is 1. The number of rotatable bonds is 9. The van der Waals surface area contributed by atoms with Crippen LogP contribution in [0, 0.1) is 0 Å². The molecule has 3 aliphatic rings. The topological polar surface area (TPSA) is 107 Å². The minimum Gasteiger partial charge on any atom is -0.367 e. The minimum atomic E-state index is -0.200. The van der Waals surface area contributed by atoms with E-state index in [1.54, 1.807) is 11.8 Å². The van der Waals surface area contributed by atoms with Crippen molar-refractivity contribution >= 4 is 45.1 Å². The van der Waals surface area contributed by atoms with Crippen LogP contribution in [0.4, 0.5) is 10.3 Å². The van der Waals surface area contributed by atoms with Gasteiger partial charge in [0.15, 0.2) is 0 Å². The first-order chi connectivity index (χ1) is 18.2. The van der Waals surface area contributed by atoms with E-state index in [0.717, 1.165) is 64.4 Å². The normalized spacial score (nSPS) is 22.0. The van der Waals surface area contributed by atoms with Gasteiger partial charge in [-0.1, -0.05) is 35.6 Å². The number of hydrazone groups is 1. The van der Waals surface area contributed by atoms with Crippen molar-refractivity contribution in [2.45, 2.75) is 42.8 Å². The maximum atomic E-state index is 12.5. The zero-order valence-electron chi connectivity index (χ0n) is 21.1. The van der Waals surface area contributed by atoms with Gasteiger partial charge in [-0.15, -0.1) is 22.0 Å². The number of benzene rings is 1. The molecule has 0 bridgehead atoms. The largest absolute Gasteiger partial charge is 0.367 e. The Morgan fingerprint density at radius 1 is 1.22 bits per heavy atom. The van der Waals surface area contributed by atoms with Crippen LogP contribution in [-0.4, -0.2) is 89.5 Å². The first-order valence-corrected chi connectivity index (χ1v) is 14.8. The molecule has 1 aromatic heterocycles. The maximum absolute atomic E-state index is 12.5. The van der Waals surface area contributed by atoms with Gasteiger partial charge in [-0.05, 0) is 49.8 Å². The second kappa shape index (κ2) is 12.7. The van der Waals surface area contributed by atoms with E-state index < -0.39 is 0 Å². The van der Waals surface area contributed by atoms with Crippen LogP contribution in [0.25, 0.3) is 0 Å². The first-order valence-electron chi connectivity index (χ1n) is 12.7. The van der Waals surface area contributed by atoms with Gasteiger partial charge in [-0.2, -0.15) is 5.10 Å². The SMILES string of the molecule is CSc1ccccc1CN1CCC[C@H](OCC(=O)Nc2nnc(N[C@@H]3CCN(C4=NNCC=C4)C3)s2)C1.